The summed E-state index contributed by atoms with van der Waals surface area (Å²) in [5.74, 6) is 0. The van der Waals surface area contributed by atoms with Crippen molar-refractivity contribution in [3.05, 3.63) is 23.5 Å². The summed E-state index contributed by atoms with van der Waals surface area (Å²) < 4.78 is 22.0. The summed E-state index contributed by atoms with van der Waals surface area (Å²) >= 11 is 0. The number of aliphatic hydroxyl groups is 1. The minimum atomic E-state index is -3.78. The van der Waals surface area contributed by atoms with Gasteiger partial charge >= 0.3 is 0 Å². The summed E-state index contributed by atoms with van der Waals surface area (Å²) in [6.07, 6.45) is -1.26. The molecule has 0 spiro atoms. The van der Waals surface area contributed by atoms with Crippen molar-refractivity contribution in [1.29, 1.82) is 0 Å². The topological polar surface area (TPSA) is 106 Å². The van der Waals surface area contributed by atoms with E-state index in [0.717, 1.165) is 0 Å². The molecule has 1 heterocycles. The molecule has 2 atom stereocenters. The van der Waals surface area contributed by atoms with Gasteiger partial charge in [0.1, 0.15) is 11.4 Å². The zero-order valence-electron chi connectivity index (χ0n) is 8.45. The van der Waals surface area contributed by atoms with Crippen LogP contribution in [0.25, 0.3) is 0 Å². The van der Waals surface area contributed by atoms with Gasteiger partial charge in [0.15, 0.2) is 0 Å². The van der Waals surface area contributed by atoms with E-state index in [9.17, 15) is 13.5 Å². The number of nitrogens with two attached hydrogens (primary N) is 1. The van der Waals surface area contributed by atoms with Gasteiger partial charge in [-0.15, -0.1) is 0 Å². The number of rotatable bonds is 3. The fourth-order valence-corrected chi connectivity index (χ4v) is 1.49. The Morgan fingerprint density at radius 3 is 2.40 bits per heavy atom. The van der Waals surface area contributed by atoms with E-state index in [1.54, 1.807) is 13.0 Å². The van der Waals surface area contributed by atoms with E-state index < -0.39 is 21.4 Å². The van der Waals surface area contributed by atoms with Crippen LogP contribution >= 0.6 is 0 Å². The van der Waals surface area contributed by atoms with E-state index in [-0.39, 0.29) is 5.69 Å². The Kier molecular flexibility index (Phi) is 3.38. The molecule has 1 aromatic heterocycles. The van der Waals surface area contributed by atoms with E-state index >= 15 is 0 Å². The lowest BCUT2D eigenvalue weighted by Crippen LogP contribution is -2.31. The lowest BCUT2D eigenvalue weighted by Gasteiger charge is -2.15. The minimum Gasteiger partial charge on any atom is -0.385 e. The summed E-state index contributed by atoms with van der Waals surface area (Å²) in [7, 11) is -3.78. The molecule has 7 heteroatoms. The van der Waals surface area contributed by atoms with Crippen molar-refractivity contribution in [3.8, 4) is 0 Å². The molecule has 3 N–H and O–H groups in total. The van der Waals surface area contributed by atoms with Crippen molar-refractivity contribution in [2.75, 3.05) is 0 Å². The second-order valence-electron chi connectivity index (χ2n) is 3.34. The highest BCUT2D eigenvalue weighted by Gasteiger charge is 2.27. The molecular formula is C8H13N3O3S. The van der Waals surface area contributed by atoms with Gasteiger partial charge in [-0.25, -0.2) is 13.6 Å². The zero-order chi connectivity index (χ0) is 11.6. The third kappa shape index (κ3) is 2.95. The maximum atomic E-state index is 11.0. The lowest BCUT2D eigenvalue weighted by atomic mass is 10.2. The van der Waals surface area contributed by atoms with E-state index in [0.29, 0.717) is 5.69 Å². The molecule has 0 bridgehead atoms. The number of primary sulfonamides is 1. The smallest absolute Gasteiger partial charge is 0.214 e. The number of nitrogens with zero attached hydrogens (tertiary/aromatic N) is 2. The lowest BCUT2D eigenvalue weighted by molar-refractivity contribution is 0.170. The van der Waals surface area contributed by atoms with Crippen molar-refractivity contribution in [2.24, 2.45) is 5.14 Å². The van der Waals surface area contributed by atoms with Crippen LogP contribution in [0.5, 0.6) is 0 Å². The third-order valence-electron chi connectivity index (χ3n) is 2.08. The highest BCUT2D eigenvalue weighted by atomic mass is 32.2. The molecule has 0 saturated carbocycles. The van der Waals surface area contributed by atoms with Crippen LogP contribution in [0, 0.1) is 6.92 Å². The largest absolute Gasteiger partial charge is 0.385 e. The normalized spacial score (nSPS) is 16.0. The monoisotopic (exact) mass is 231 g/mol. The Morgan fingerprint density at radius 2 is 2.00 bits per heavy atom. The van der Waals surface area contributed by atoms with Crippen molar-refractivity contribution >= 4 is 10.0 Å². The second-order valence-corrected chi connectivity index (χ2v) is 5.26. The zero-order valence-corrected chi connectivity index (χ0v) is 9.27. The van der Waals surface area contributed by atoms with Crippen LogP contribution in [-0.4, -0.2) is 29.0 Å². The average Bonchev–Trinajstić information content (AvgIpc) is 2.15. The minimum absolute atomic E-state index is 0.196. The highest BCUT2D eigenvalue weighted by molar-refractivity contribution is 7.89. The number of hydrogen-bond acceptors (Lipinski definition) is 5. The van der Waals surface area contributed by atoms with E-state index in [2.05, 4.69) is 10.2 Å². The van der Waals surface area contributed by atoms with Crippen LogP contribution in [-0.2, 0) is 10.0 Å². The predicted molar refractivity (Wildman–Crippen MR) is 54.3 cm³/mol. The van der Waals surface area contributed by atoms with Gasteiger partial charge in [0.2, 0.25) is 10.0 Å². The molecule has 6 nitrogen and oxygen atoms in total. The maximum absolute atomic E-state index is 11.0. The fraction of sp³-hybridized carbons (Fsp3) is 0.500. The summed E-state index contributed by atoms with van der Waals surface area (Å²) in [5.41, 5.74) is 0.885. The van der Waals surface area contributed by atoms with Crippen LogP contribution in [0.15, 0.2) is 12.1 Å². The molecule has 0 fully saturated rings. The highest BCUT2D eigenvalue weighted by Crippen LogP contribution is 2.17. The Balaban J connectivity index is 2.95. The Hall–Kier alpha value is -1.05. The number of aromatic nitrogens is 2. The molecule has 15 heavy (non-hydrogen) atoms. The van der Waals surface area contributed by atoms with Crippen molar-refractivity contribution in [3.63, 3.8) is 0 Å². The summed E-state index contributed by atoms with van der Waals surface area (Å²) in [5, 5.41) is 20.9. The molecule has 0 aliphatic rings. The molecule has 0 aromatic carbocycles. The first kappa shape index (κ1) is 12.0. The van der Waals surface area contributed by atoms with Crippen LogP contribution in [0.2, 0.25) is 0 Å². The first-order valence-corrected chi connectivity index (χ1v) is 5.93. The van der Waals surface area contributed by atoms with Crippen LogP contribution in [0.3, 0.4) is 0 Å². The Labute approximate surface area is 88.2 Å². The van der Waals surface area contributed by atoms with Gasteiger partial charge in [0.25, 0.3) is 0 Å². The summed E-state index contributed by atoms with van der Waals surface area (Å²) in [6, 6.07) is 3.16. The van der Waals surface area contributed by atoms with Gasteiger partial charge in [0.05, 0.1) is 11.4 Å². The van der Waals surface area contributed by atoms with E-state index in [1.807, 2.05) is 0 Å². The maximum Gasteiger partial charge on any atom is 0.214 e. The number of sulfonamides is 1. The van der Waals surface area contributed by atoms with Crippen LogP contribution in [0.1, 0.15) is 24.4 Å². The molecular weight excluding hydrogens is 218 g/mol. The molecule has 0 radical (unpaired) electrons. The summed E-state index contributed by atoms with van der Waals surface area (Å²) in [6.45, 7) is 3.06. The standard InChI is InChI=1S/C8H13N3O3S/c1-5-3-4-7(11-10-5)8(12)6(2)15(9,13)14/h3-4,6,8,12H,1-2H3,(H2,9,13,14)/t6-,8-/m0/s1. The average molecular weight is 231 g/mol. The number of hydrogen-bond donors (Lipinski definition) is 2. The van der Waals surface area contributed by atoms with Gasteiger partial charge < -0.3 is 5.11 Å². The molecule has 0 unspecified atom stereocenters. The number of aryl methyl sites for hydroxylation is 1. The predicted octanol–water partition coefficient (Wildman–Crippen LogP) is -0.505. The van der Waals surface area contributed by atoms with Crippen molar-refractivity contribution in [1.82, 2.24) is 10.2 Å². The van der Waals surface area contributed by atoms with Gasteiger partial charge in [-0.3, -0.25) is 0 Å². The quantitative estimate of drug-likeness (QED) is 0.729. The molecule has 0 amide bonds. The Morgan fingerprint density at radius 1 is 1.40 bits per heavy atom. The molecule has 0 aliphatic heterocycles. The van der Waals surface area contributed by atoms with E-state index in [1.165, 1.54) is 13.0 Å². The molecule has 1 rings (SSSR count). The van der Waals surface area contributed by atoms with E-state index in [4.69, 9.17) is 5.14 Å². The van der Waals surface area contributed by atoms with Gasteiger partial charge in [-0.2, -0.15) is 10.2 Å². The first-order valence-electron chi connectivity index (χ1n) is 4.32. The van der Waals surface area contributed by atoms with Crippen molar-refractivity contribution in [2.45, 2.75) is 25.2 Å². The van der Waals surface area contributed by atoms with Gasteiger partial charge in [0, 0.05) is 0 Å². The first-order chi connectivity index (χ1) is 6.82. The van der Waals surface area contributed by atoms with Crippen molar-refractivity contribution < 1.29 is 13.5 Å². The molecule has 0 aliphatic carbocycles. The third-order valence-corrected chi connectivity index (χ3v) is 3.38. The van der Waals surface area contributed by atoms with Gasteiger partial charge in [-0.05, 0) is 26.0 Å². The van der Waals surface area contributed by atoms with Crippen LogP contribution in [0.4, 0.5) is 0 Å². The second kappa shape index (κ2) is 4.21. The SMILES string of the molecule is Cc1ccc([C@@H](O)[C@H](C)S(N)(=O)=O)nn1. The van der Waals surface area contributed by atoms with Gasteiger partial charge in [-0.1, -0.05) is 0 Å². The summed E-state index contributed by atoms with van der Waals surface area (Å²) in [4.78, 5) is 0. The number of aliphatic hydroxyl groups excluding tert-OH is 1. The fourth-order valence-electron chi connectivity index (χ4n) is 0.987. The molecule has 84 valence electrons. The Bertz CT molecular complexity index is 429. The van der Waals surface area contributed by atoms with Crippen LogP contribution < -0.4 is 5.14 Å². The molecule has 0 saturated heterocycles. The molecule has 1 aromatic rings.